The number of benzene rings is 5. The van der Waals surface area contributed by atoms with Crippen LogP contribution in [0.5, 0.6) is 5.75 Å². The summed E-state index contributed by atoms with van der Waals surface area (Å²) in [5, 5.41) is 43.5. The van der Waals surface area contributed by atoms with Crippen LogP contribution in [-0.4, -0.2) is 21.2 Å². The Labute approximate surface area is 229 Å². The zero-order valence-corrected chi connectivity index (χ0v) is 21.4. The van der Waals surface area contributed by atoms with E-state index in [0.717, 1.165) is 11.1 Å². The topological polar surface area (TPSA) is 115 Å². The molecule has 5 rings (SSSR count). The Morgan fingerprint density at radius 1 is 0.744 bits per heavy atom. The number of anilines is 1. The van der Waals surface area contributed by atoms with Crippen molar-refractivity contribution in [2.45, 2.75) is 13.2 Å². The molecule has 0 unspecified atom stereocenters. The third-order valence-corrected chi connectivity index (χ3v) is 6.58. The van der Waals surface area contributed by atoms with Gasteiger partial charge in [0.05, 0.1) is 24.5 Å². The van der Waals surface area contributed by atoms with Gasteiger partial charge in [-0.3, -0.25) is 4.79 Å². The summed E-state index contributed by atoms with van der Waals surface area (Å²) in [7, 11) is 0. The summed E-state index contributed by atoms with van der Waals surface area (Å²) in [5.74, 6) is -0.703. The van der Waals surface area contributed by atoms with Gasteiger partial charge in [0.15, 0.2) is 0 Å². The second-order valence-electron chi connectivity index (χ2n) is 8.82. The van der Waals surface area contributed by atoms with Crippen LogP contribution in [0.25, 0.3) is 21.9 Å². The molecule has 0 aliphatic carbocycles. The fourth-order valence-electron chi connectivity index (χ4n) is 4.35. The number of hydrogen-bond acceptors (Lipinski definition) is 6. The molecule has 0 radical (unpaired) electrons. The number of phenols is 1. The molecule has 0 aliphatic rings. The van der Waals surface area contributed by atoms with Gasteiger partial charge in [-0.15, -0.1) is 5.11 Å². The standard InChI is InChI=1S/C31H24ClN3O4/c32-23-12-13-27(22(14-23)18-37)33-31(39)26-16-29(38)30(25-9-5-4-8-24(25)26)35-34-28-15-20(10-11-21(28)17-36)19-6-2-1-3-7-19/h1-16,36-38H,17-18H2,(H,33,39). The van der Waals surface area contributed by atoms with Crippen molar-refractivity contribution >= 4 is 45.3 Å². The van der Waals surface area contributed by atoms with E-state index in [-0.39, 0.29) is 30.2 Å². The van der Waals surface area contributed by atoms with E-state index in [1.807, 2.05) is 42.5 Å². The number of nitrogens with zero attached hydrogens (tertiary/aromatic N) is 2. The van der Waals surface area contributed by atoms with Crippen LogP contribution in [-0.2, 0) is 13.2 Å². The number of carbonyl (C=O) groups excluding carboxylic acids is 1. The highest BCUT2D eigenvalue weighted by Crippen LogP contribution is 2.39. The number of nitrogens with one attached hydrogen (secondary N) is 1. The molecule has 0 saturated carbocycles. The maximum absolute atomic E-state index is 13.3. The van der Waals surface area contributed by atoms with Crippen molar-refractivity contribution in [2.75, 3.05) is 5.32 Å². The van der Waals surface area contributed by atoms with Gasteiger partial charge in [-0.25, -0.2) is 0 Å². The first-order chi connectivity index (χ1) is 19.0. The lowest BCUT2D eigenvalue weighted by molar-refractivity contribution is 0.102. The number of carbonyl (C=O) groups is 1. The van der Waals surface area contributed by atoms with E-state index in [2.05, 4.69) is 15.5 Å². The zero-order valence-electron chi connectivity index (χ0n) is 20.7. The Hall–Kier alpha value is -4.56. The van der Waals surface area contributed by atoms with E-state index in [0.29, 0.717) is 38.3 Å². The molecule has 39 heavy (non-hydrogen) atoms. The molecule has 5 aromatic rings. The molecule has 0 fully saturated rings. The van der Waals surface area contributed by atoms with Crippen molar-refractivity contribution in [3.63, 3.8) is 0 Å². The van der Waals surface area contributed by atoms with Crippen molar-refractivity contribution in [3.05, 3.63) is 119 Å². The number of amides is 1. The van der Waals surface area contributed by atoms with Crippen LogP contribution in [0.15, 0.2) is 107 Å². The first kappa shape index (κ1) is 26.1. The lowest BCUT2D eigenvalue weighted by Gasteiger charge is -2.13. The average Bonchev–Trinajstić information content (AvgIpc) is 2.97. The predicted octanol–water partition coefficient (Wildman–Crippen LogP) is 7.52. The van der Waals surface area contributed by atoms with Gasteiger partial charge in [0.2, 0.25) is 0 Å². The number of fused-ring (bicyclic) bond motifs is 1. The van der Waals surface area contributed by atoms with Gasteiger partial charge in [0.25, 0.3) is 5.91 Å². The molecule has 7 nitrogen and oxygen atoms in total. The highest BCUT2D eigenvalue weighted by atomic mass is 35.5. The van der Waals surface area contributed by atoms with Crippen LogP contribution >= 0.6 is 11.6 Å². The van der Waals surface area contributed by atoms with E-state index in [1.165, 1.54) is 6.07 Å². The molecular formula is C31H24ClN3O4. The minimum absolute atomic E-state index is 0.193. The molecule has 5 aromatic carbocycles. The van der Waals surface area contributed by atoms with Gasteiger partial charge in [-0.2, -0.15) is 5.11 Å². The van der Waals surface area contributed by atoms with Crippen molar-refractivity contribution in [1.82, 2.24) is 0 Å². The Kier molecular flexibility index (Phi) is 7.65. The van der Waals surface area contributed by atoms with Gasteiger partial charge in [-0.1, -0.05) is 78.3 Å². The monoisotopic (exact) mass is 537 g/mol. The van der Waals surface area contributed by atoms with E-state index >= 15 is 0 Å². The van der Waals surface area contributed by atoms with Crippen molar-refractivity contribution in [3.8, 4) is 16.9 Å². The van der Waals surface area contributed by atoms with Crippen LogP contribution in [0.1, 0.15) is 21.5 Å². The van der Waals surface area contributed by atoms with E-state index in [4.69, 9.17) is 11.6 Å². The van der Waals surface area contributed by atoms with E-state index in [9.17, 15) is 20.1 Å². The quantitative estimate of drug-likeness (QED) is 0.161. The number of halogens is 1. The molecular weight excluding hydrogens is 514 g/mol. The van der Waals surface area contributed by atoms with Gasteiger partial charge in [0.1, 0.15) is 11.4 Å². The third kappa shape index (κ3) is 5.51. The molecule has 194 valence electrons. The predicted molar refractivity (Wildman–Crippen MR) is 153 cm³/mol. The molecule has 0 heterocycles. The molecule has 8 heteroatoms. The molecule has 4 N–H and O–H groups in total. The maximum Gasteiger partial charge on any atom is 0.256 e. The lowest BCUT2D eigenvalue weighted by Crippen LogP contribution is -2.14. The smallest absolute Gasteiger partial charge is 0.256 e. The molecule has 0 atom stereocenters. The summed E-state index contributed by atoms with van der Waals surface area (Å²) in [6.07, 6.45) is 0. The Bertz CT molecular complexity index is 1700. The van der Waals surface area contributed by atoms with Crippen LogP contribution in [0.2, 0.25) is 5.02 Å². The summed E-state index contributed by atoms with van der Waals surface area (Å²) >= 11 is 6.01. The Morgan fingerprint density at radius 2 is 1.46 bits per heavy atom. The first-order valence-corrected chi connectivity index (χ1v) is 12.5. The zero-order chi connectivity index (χ0) is 27.4. The SMILES string of the molecule is O=C(Nc1ccc(Cl)cc1CO)c1cc(O)c(N=Nc2cc(-c3ccccc3)ccc2CO)c2ccccc12. The number of aromatic hydroxyl groups is 1. The number of hydrogen-bond donors (Lipinski definition) is 4. The van der Waals surface area contributed by atoms with Crippen LogP contribution in [0.3, 0.4) is 0 Å². The van der Waals surface area contributed by atoms with Gasteiger partial charge >= 0.3 is 0 Å². The molecule has 1 amide bonds. The molecule has 0 spiro atoms. The van der Waals surface area contributed by atoms with Crippen molar-refractivity contribution in [2.24, 2.45) is 10.2 Å². The second kappa shape index (κ2) is 11.4. The summed E-state index contributed by atoms with van der Waals surface area (Å²) in [6, 6.07) is 28.5. The largest absolute Gasteiger partial charge is 0.506 e. The third-order valence-electron chi connectivity index (χ3n) is 6.35. The summed E-state index contributed by atoms with van der Waals surface area (Å²) in [4.78, 5) is 13.3. The number of rotatable bonds is 7. The number of azo groups is 1. The van der Waals surface area contributed by atoms with Crippen LogP contribution in [0.4, 0.5) is 17.1 Å². The first-order valence-electron chi connectivity index (χ1n) is 12.1. The number of aliphatic hydroxyl groups excluding tert-OH is 2. The normalized spacial score (nSPS) is 11.3. The highest BCUT2D eigenvalue weighted by molar-refractivity contribution is 6.30. The summed E-state index contributed by atoms with van der Waals surface area (Å²) in [6.45, 7) is -0.529. The number of aliphatic hydroxyl groups is 2. The van der Waals surface area contributed by atoms with Gasteiger partial charge < -0.3 is 20.6 Å². The summed E-state index contributed by atoms with van der Waals surface area (Å²) in [5.41, 5.74) is 4.24. The maximum atomic E-state index is 13.3. The van der Waals surface area contributed by atoms with Crippen molar-refractivity contribution < 1.29 is 20.1 Å². The Morgan fingerprint density at radius 3 is 2.21 bits per heavy atom. The molecule has 0 aromatic heterocycles. The van der Waals surface area contributed by atoms with Crippen LogP contribution in [0, 0.1) is 0 Å². The van der Waals surface area contributed by atoms with Crippen molar-refractivity contribution in [1.29, 1.82) is 0 Å². The second-order valence-corrected chi connectivity index (χ2v) is 9.26. The van der Waals surface area contributed by atoms with Gasteiger partial charge in [-0.05, 0) is 46.8 Å². The van der Waals surface area contributed by atoms with E-state index in [1.54, 1.807) is 48.5 Å². The fraction of sp³-hybridized carbons (Fsp3) is 0.0645. The van der Waals surface area contributed by atoms with E-state index < -0.39 is 5.91 Å². The molecule has 0 saturated heterocycles. The molecule has 0 aliphatic heterocycles. The molecule has 0 bridgehead atoms. The minimum atomic E-state index is -0.472. The highest BCUT2D eigenvalue weighted by Gasteiger charge is 2.18. The van der Waals surface area contributed by atoms with Crippen LogP contribution < -0.4 is 5.32 Å². The number of phenolic OH excluding ortho intramolecular Hbond substituents is 1. The lowest BCUT2D eigenvalue weighted by atomic mass is 10.0. The average molecular weight is 538 g/mol. The summed E-state index contributed by atoms with van der Waals surface area (Å²) < 4.78 is 0. The fourth-order valence-corrected chi connectivity index (χ4v) is 4.54. The van der Waals surface area contributed by atoms with Gasteiger partial charge in [0, 0.05) is 27.2 Å². The minimum Gasteiger partial charge on any atom is -0.506 e. The Balaban J connectivity index is 1.53.